The summed E-state index contributed by atoms with van der Waals surface area (Å²) in [5.74, 6) is -0.390. The van der Waals surface area contributed by atoms with E-state index in [1.165, 1.54) is 0 Å². The highest BCUT2D eigenvalue weighted by atomic mass is 16.3. The SMILES string of the molecule is C=CC(C)(C)[C@@]1(O)C(=O)Nc2ccccc21. The number of carbonyl (C=O) groups is 1. The van der Waals surface area contributed by atoms with Gasteiger partial charge in [-0.2, -0.15) is 0 Å². The van der Waals surface area contributed by atoms with E-state index in [1.54, 1.807) is 32.1 Å². The van der Waals surface area contributed by atoms with Gasteiger partial charge in [0.25, 0.3) is 5.91 Å². The van der Waals surface area contributed by atoms with Gasteiger partial charge in [-0.3, -0.25) is 4.79 Å². The molecular weight excluding hydrogens is 202 g/mol. The van der Waals surface area contributed by atoms with Gasteiger partial charge >= 0.3 is 0 Å². The van der Waals surface area contributed by atoms with Crippen molar-refractivity contribution in [3.63, 3.8) is 0 Å². The normalized spacial score (nSPS) is 23.8. The number of hydrogen-bond donors (Lipinski definition) is 2. The van der Waals surface area contributed by atoms with Crippen molar-refractivity contribution >= 4 is 11.6 Å². The van der Waals surface area contributed by atoms with Gasteiger partial charge in [-0.25, -0.2) is 0 Å². The molecule has 3 nitrogen and oxygen atoms in total. The quantitative estimate of drug-likeness (QED) is 0.745. The first kappa shape index (κ1) is 10.9. The number of amides is 1. The third kappa shape index (κ3) is 1.15. The van der Waals surface area contributed by atoms with E-state index in [9.17, 15) is 9.90 Å². The molecule has 0 saturated carbocycles. The fourth-order valence-corrected chi connectivity index (χ4v) is 2.03. The first-order valence-corrected chi connectivity index (χ1v) is 5.20. The minimum atomic E-state index is -1.54. The average Bonchev–Trinajstić information content (AvgIpc) is 2.53. The number of fused-ring (bicyclic) bond motifs is 1. The van der Waals surface area contributed by atoms with Gasteiger partial charge in [-0.15, -0.1) is 6.58 Å². The molecule has 0 aromatic heterocycles. The maximum absolute atomic E-state index is 11.9. The summed E-state index contributed by atoms with van der Waals surface area (Å²) in [7, 11) is 0. The summed E-state index contributed by atoms with van der Waals surface area (Å²) in [6.07, 6.45) is 1.61. The highest BCUT2D eigenvalue weighted by Gasteiger charge is 2.54. The minimum absolute atomic E-state index is 0.390. The number of aliphatic hydroxyl groups is 1. The second-order valence-corrected chi connectivity index (χ2v) is 4.64. The Balaban J connectivity index is 2.66. The molecule has 0 unspecified atom stereocenters. The van der Waals surface area contributed by atoms with E-state index in [-0.39, 0.29) is 0 Å². The lowest BCUT2D eigenvalue weighted by Crippen LogP contribution is -2.46. The maximum atomic E-state index is 11.9. The zero-order chi connectivity index (χ0) is 12.0. The van der Waals surface area contributed by atoms with Gasteiger partial charge in [0.05, 0.1) is 0 Å². The highest BCUT2D eigenvalue weighted by Crippen LogP contribution is 2.47. The lowest BCUT2D eigenvalue weighted by molar-refractivity contribution is -0.143. The Kier molecular flexibility index (Phi) is 2.17. The summed E-state index contributed by atoms with van der Waals surface area (Å²) >= 11 is 0. The molecule has 2 rings (SSSR count). The molecule has 0 bridgehead atoms. The summed E-state index contributed by atoms with van der Waals surface area (Å²) in [5, 5.41) is 13.3. The number of para-hydroxylation sites is 1. The Morgan fingerprint density at radius 3 is 2.69 bits per heavy atom. The highest BCUT2D eigenvalue weighted by molar-refractivity contribution is 6.05. The third-order valence-corrected chi connectivity index (χ3v) is 3.34. The fourth-order valence-electron chi connectivity index (χ4n) is 2.03. The second kappa shape index (κ2) is 3.19. The van der Waals surface area contributed by atoms with E-state index < -0.39 is 16.9 Å². The van der Waals surface area contributed by atoms with Crippen LogP contribution >= 0.6 is 0 Å². The Bertz CT molecular complexity index is 465. The molecule has 1 aliphatic heterocycles. The molecule has 0 fully saturated rings. The van der Waals surface area contributed by atoms with Crippen molar-refractivity contribution in [2.75, 3.05) is 5.32 Å². The van der Waals surface area contributed by atoms with Crippen molar-refractivity contribution in [1.29, 1.82) is 0 Å². The third-order valence-electron chi connectivity index (χ3n) is 3.34. The van der Waals surface area contributed by atoms with Crippen LogP contribution in [0.3, 0.4) is 0 Å². The van der Waals surface area contributed by atoms with Gasteiger partial charge in [0.1, 0.15) is 0 Å². The first-order chi connectivity index (χ1) is 7.43. The molecule has 1 aromatic rings. The molecule has 1 aromatic carbocycles. The molecule has 1 heterocycles. The van der Waals surface area contributed by atoms with Gasteiger partial charge in [-0.05, 0) is 6.07 Å². The van der Waals surface area contributed by atoms with Crippen molar-refractivity contribution in [3.8, 4) is 0 Å². The number of anilines is 1. The molecule has 1 amide bonds. The number of hydrogen-bond acceptors (Lipinski definition) is 2. The predicted octanol–water partition coefficient (Wildman–Crippen LogP) is 2.04. The fraction of sp³-hybridized carbons (Fsp3) is 0.308. The standard InChI is InChI=1S/C13H15NO2/c1-4-12(2,3)13(16)9-7-5-6-8-10(9)14-11(13)15/h4-8,16H,1H2,2-3H3,(H,14,15)/t13-/m0/s1. The van der Waals surface area contributed by atoms with Crippen molar-refractivity contribution in [1.82, 2.24) is 0 Å². The van der Waals surface area contributed by atoms with Gasteiger partial charge in [0, 0.05) is 16.7 Å². The van der Waals surface area contributed by atoms with Crippen molar-refractivity contribution in [2.24, 2.45) is 5.41 Å². The van der Waals surface area contributed by atoms with Crippen LogP contribution in [0.2, 0.25) is 0 Å². The summed E-state index contributed by atoms with van der Waals surface area (Å²) in [5.41, 5.74) is -0.968. The largest absolute Gasteiger partial charge is 0.375 e. The molecule has 0 aliphatic carbocycles. The van der Waals surface area contributed by atoms with Crippen LogP contribution in [0.5, 0.6) is 0 Å². The number of rotatable bonds is 2. The van der Waals surface area contributed by atoms with E-state index in [4.69, 9.17) is 0 Å². The molecule has 1 atom stereocenters. The lowest BCUT2D eigenvalue weighted by atomic mass is 9.71. The molecule has 16 heavy (non-hydrogen) atoms. The summed E-state index contributed by atoms with van der Waals surface area (Å²) in [6, 6.07) is 7.18. The molecular formula is C13H15NO2. The van der Waals surface area contributed by atoms with E-state index in [1.807, 2.05) is 12.1 Å². The molecule has 0 spiro atoms. The Morgan fingerprint density at radius 2 is 2.06 bits per heavy atom. The van der Waals surface area contributed by atoms with Crippen molar-refractivity contribution in [2.45, 2.75) is 19.4 Å². The topological polar surface area (TPSA) is 49.3 Å². The van der Waals surface area contributed by atoms with Crippen LogP contribution in [0.1, 0.15) is 19.4 Å². The van der Waals surface area contributed by atoms with Crippen LogP contribution in [0.15, 0.2) is 36.9 Å². The zero-order valence-corrected chi connectivity index (χ0v) is 9.45. The first-order valence-electron chi connectivity index (χ1n) is 5.20. The number of nitrogens with one attached hydrogen (secondary N) is 1. The van der Waals surface area contributed by atoms with Gasteiger partial charge in [-0.1, -0.05) is 38.1 Å². The van der Waals surface area contributed by atoms with E-state index in [2.05, 4.69) is 11.9 Å². The second-order valence-electron chi connectivity index (χ2n) is 4.64. The van der Waals surface area contributed by atoms with Crippen molar-refractivity contribution in [3.05, 3.63) is 42.5 Å². The molecule has 84 valence electrons. The van der Waals surface area contributed by atoms with Crippen LogP contribution in [0.4, 0.5) is 5.69 Å². The van der Waals surface area contributed by atoms with Gasteiger partial charge in [0.15, 0.2) is 5.60 Å². The average molecular weight is 217 g/mol. The monoisotopic (exact) mass is 217 g/mol. The van der Waals surface area contributed by atoms with Crippen LogP contribution < -0.4 is 5.32 Å². The Morgan fingerprint density at radius 1 is 1.44 bits per heavy atom. The van der Waals surface area contributed by atoms with Crippen LogP contribution in [-0.2, 0) is 10.4 Å². The molecule has 3 heteroatoms. The molecule has 0 saturated heterocycles. The molecule has 1 aliphatic rings. The minimum Gasteiger partial charge on any atom is -0.375 e. The van der Waals surface area contributed by atoms with E-state index in [0.717, 1.165) is 0 Å². The smallest absolute Gasteiger partial charge is 0.261 e. The number of carbonyl (C=O) groups excluding carboxylic acids is 1. The van der Waals surface area contributed by atoms with E-state index >= 15 is 0 Å². The molecule has 2 N–H and O–H groups in total. The van der Waals surface area contributed by atoms with Gasteiger partial charge < -0.3 is 10.4 Å². The summed E-state index contributed by atoms with van der Waals surface area (Å²) in [4.78, 5) is 11.9. The summed E-state index contributed by atoms with van der Waals surface area (Å²) in [6.45, 7) is 7.28. The summed E-state index contributed by atoms with van der Waals surface area (Å²) < 4.78 is 0. The Hall–Kier alpha value is -1.61. The zero-order valence-electron chi connectivity index (χ0n) is 9.45. The maximum Gasteiger partial charge on any atom is 0.261 e. The lowest BCUT2D eigenvalue weighted by Gasteiger charge is -2.35. The van der Waals surface area contributed by atoms with E-state index in [0.29, 0.717) is 11.3 Å². The van der Waals surface area contributed by atoms with Crippen LogP contribution in [0, 0.1) is 5.41 Å². The van der Waals surface area contributed by atoms with Gasteiger partial charge in [0.2, 0.25) is 0 Å². The molecule has 0 radical (unpaired) electrons. The van der Waals surface area contributed by atoms with Crippen molar-refractivity contribution < 1.29 is 9.90 Å². The number of benzene rings is 1. The Labute approximate surface area is 94.8 Å². The van der Waals surface area contributed by atoms with Crippen LogP contribution in [0.25, 0.3) is 0 Å². The predicted molar refractivity (Wildman–Crippen MR) is 62.9 cm³/mol. The van der Waals surface area contributed by atoms with Crippen LogP contribution in [-0.4, -0.2) is 11.0 Å².